The van der Waals surface area contributed by atoms with E-state index in [9.17, 15) is 9.59 Å². The summed E-state index contributed by atoms with van der Waals surface area (Å²) >= 11 is 6.14. The number of piperidine rings is 1. The van der Waals surface area contributed by atoms with Crippen molar-refractivity contribution in [3.8, 4) is 0 Å². The van der Waals surface area contributed by atoms with Crippen LogP contribution >= 0.6 is 11.6 Å². The van der Waals surface area contributed by atoms with Gasteiger partial charge >= 0.3 is 0 Å². The number of carbonyl (C=O) groups excluding carboxylic acids is 1. The van der Waals surface area contributed by atoms with Gasteiger partial charge in [0.25, 0.3) is 11.5 Å². The van der Waals surface area contributed by atoms with Crippen LogP contribution in [0.2, 0.25) is 5.02 Å². The highest BCUT2D eigenvalue weighted by atomic mass is 35.5. The van der Waals surface area contributed by atoms with Crippen LogP contribution in [0.3, 0.4) is 0 Å². The van der Waals surface area contributed by atoms with Gasteiger partial charge in [-0.2, -0.15) is 0 Å². The fraction of sp³-hybridized carbons (Fsp3) is 0.278. The molecule has 1 aliphatic heterocycles. The van der Waals surface area contributed by atoms with E-state index >= 15 is 0 Å². The molecule has 26 heavy (non-hydrogen) atoms. The smallest absolute Gasteiger partial charge is 0.279 e. The lowest BCUT2D eigenvalue weighted by molar-refractivity contribution is 0.102. The first-order valence-corrected chi connectivity index (χ1v) is 8.92. The molecule has 7 nitrogen and oxygen atoms in total. The summed E-state index contributed by atoms with van der Waals surface area (Å²) in [5, 5.41) is 5.95. The van der Waals surface area contributed by atoms with Crippen LogP contribution < -0.4 is 15.8 Å². The van der Waals surface area contributed by atoms with Gasteiger partial charge in [0, 0.05) is 30.5 Å². The number of nitrogens with one attached hydrogen (secondary N) is 2. The maximum atomic E-state index is 12.8. The van der Waals surface area contributed by atoms with E-state index in [0.29, 0.717) is 10.7 Å². The molecular weight excluding hydrogens is 354 g/mol. The number of carbonyl (C=O) groups is 1. The van der Waals surface area contributed by atoms with Gasteiger partial charge in [-0.3, -0.25) is 14.7 Å². The first-order valence-electron chi connectivity index (χ1n) is 8.55. The summed E-state index contributed by atoms with van der Waals surface area (Å²) in [6, 6.07) is 7.10. The van der Waals surface area contributed by atoms with Gasteiger partial charge in [-0.05, 0) is 43.5 Å². The molecule has 0 atom stereocenters. The Morgan fingerprint density at radius 1 is 1.23 bits per heavy atom. The number of fused-ring (bicyclic) bond motifs is 1. The molecule has 8 heteroatoms. The molecule has 2 aromatic heterocycles. The zero-order valence-corrected chi connectivity index (χ0v) is 14.8. The number of amides is 1. The van der Waals surface area contributed by atoms with Gasteiger partial charge in [0.05, 0.1) is 11.4 Å². The second-order valence-corrected chi connectivity index (χ2v) is 6.73. The van der Waals surface area contributed by atoms with Crippen molar-refractivity contribution in [3.63, 3.8) is 0 Å². The average molecular weight is 372 g/mol. The third-order valence-corrected chi connectivity index (χ3v) is 4.78. The average Bonchev–Trinajstić information content (AvgIpc) is 2.98. The van der Waals surface area contributed by atoms with E-state index in [1.54, 1.807) is 18.3 Å². The topological polar surface area (TPSA) is 82.5 Å². The van der Waals surface area contributed by atoms with Gasteiger partial charge in [0.15, 0.2) is 11.2 Å². The molecule has 1 saturated heterocycles. The molecule has 1 aromatic carbocycles. The first kappa shape index (κ1) is 16.7. The van der Waals surface area contributed by atoms with Crippen LogP contribution in [0.5, 0.6) is 0 Å². The number of hydrogen-bond donors (Lipinski definition) is 2. The molecule has 0 radical (unpaired) electrons. The number of aromatic nitrogens is 3. The van der Waals surface area contributed by atoms with Crippen LogP contribution in [0.4, 0.5) is 11.4 Å². The van der Waals surface area contributed by atoms with Gasteiger partial charge < -0.3 is 10.2 Å². The van der Waals surface area contributed by atoms with Crippen LogP contribution in [-0.2, 0) is 0 Å². The third kappa shape index (κ3) is 3.06. The van der Waals surface area contributed by atoms with E-state index in [-0.39, 0.29) is 11.2 Å². The number of anilines is 2. The van der Waals surface area contributed by atoms with E-state index in [2.05, 4.69) is 20.3 Å². The van der Waals surface area contributed by atoms with Crippen LogP contribution in [0.25, 0.3) is 5.65 Å². The van der Waals surface area contributed by atoms with E-state index in [4.69, 9.17) is 11.6 Å². The van der Waals surface area contributed by atoms with E-state index < -0.39 is 11.5 Å². The maximum absolute atomic E-state index is 12.8. The third-order valence-electron chi connectivity index (χ3n) is 4.55. The minimum absolute atomic E-state index is 0.0184. The highest BCUT2D eigenvalue weighted by molar-refractivity contribution is 6.31. The SMILES string of the molecule is O=C(Nc1cc(Cl)ccc1N1CCCCC1)c1c(=O)[nH]n2cccnc12. The highest BCUT2D eigenvalue weighted by Crippen LogP contribution is 2.31. The quantitative estimate of drug-likeness (QED) is 0.741. The largest absolute Gasteiger partial charge is 0.370 e. The molecule has 1 aliphatic rings. The number of rotatable bonds is 3. The van der Waals surface area contributed by atoms with Crippen LogP contribution in [0.1, 0.15) is 29.6 Å². The molecule has 1 amide bonds. The molecule has 3 heterocycles. The van der Waals surface area contributed by atoms with Crippen LogP contribution in [0.15, 0.2) is 41.5 Å². The van der Waals surface area contributed by atoms with E-state index in [1.165, 1.54) is 17.1 Å². The summed E-state index contributed by atoms with van der Waals surface area (Å²) in [5.74, 6) is -0.507. The summed E-state index contributed by atoms with van der Waals surface area (Å²) in [6.45, 7) is 1.86. The molecule has 0 saturated carbocycles. The summed E-state index contributed by atoms with van der Waals surface area (Å²) < 4.78 is 1.43. The summed E-state index contributed by atoms with van der Waals surface area (Å²) in [6.07, 6.45) is 6.62. The maximum Gasteiger partial charge on any atom is 0.279 e. The number of hydrogen-bond acceptors (Lipinski definition) is 4. The Morgan fingerprint density at radius 2 is 2.04 bits per heavy atom. The summed E-state index contributed by atoms with van der Waals surface area (Å²) in [7, 11) is 0. The van der Waals surface area contributed by atoms with Crippen molar-refractivity contribution >= 4 is 34.5 Å². The first-order chi connectivity index (χ1) is 12.6. The zero-order chi connectivity index (χ0) is 18.1. The van der Waals surface area contributed by atoms with Gasteiger partial charge in [-0.15, -0.1) is 0 Å². The second-order valence-electron chi connectivity index (χ2n) is 6.29. The molecule has 134 valence electrons. The molecule has 4 rings (SSSR count). The molecule has 0 aliphatic carbocycles. The molecule has 2 N–H and O–H groups in total. The molecule has 0 bridgehead atoms. The number of halogens is 1. The predicted molar refractivity (Wildman–Crippen MR) is 101 cm³/mol. The number of H-pyrrole nitrogens is 1. The lowest BCUT2D eigenvalue weighted by atomic mass is 10.1. The Bertz CT molecular complexity index is 1020. The van der Waals surface area contributed by atoms with Crippen molar-refractivity contribution in [1.82, 2.24) is 14.6 Å². The van der Waals surface area contributed by atoms with Crippen molar-refractivity contribution in [2.75, 3.05) is 23.3 Å². The van der Waals surface area contributed by atoms with E-state index in [1.807, 2.05) is 12.1 Å². The van der Waals surface area contributed by atoms with Crippen molar-refractivity contribution < 1.29 is 4.79 Å². The Labute approximate surface area is 154 Å². The lowest BCUT2D eigenvalue weighted by Gasteiger charge is -2.30. The second kappa shape index (κ2) is 6.84. The molecule has 0 spiro atoms. The number of nitrogens with zero attached hydrogens (tertiary/aromatic N) is 3. The van der Waals surface area contributed by atoms with Crippen molar-refractivity contribution in [2.24, 2.45) is 0 Å². The Kier molecular flexibility index (Phi) is 4.38. The minimum Gasteiger partial charge on any atom is -0.370 e. The van der Waals surface area contributed by atoms with Gasteiger partial charge in [-0.25, -0.2) is 9.50 Å². The summed E-state index contributed by atoms with van der Waals surface area (Å²) in [4.78, 5) is 31.4. The fourth-order valence-corrected chi connectivity index (χ4v) is 3.49. The fourth-order valence-electron chi connectivity index (χ4n) is 3.32. The summed E-state index contributed by atoms with van der Waals surface area (Å²) in [5.41, 5.74) is 1.30. The van der Waals surface area contributed by atoms with E-state index in [0.717, 1.165) is 31.6 Å². The molecule has 1 fully saturated rings. The van der Waals surface area contributed by atoms with Crippen molar-refractivity contribution in [3.05, 3.63) is 57.6 Å². The minimum atomic E-state index is -0.507. The van der Waals surface area contributed by atoms with Gasteiger partial charge in [-0.1, -0.05) is 11.6 Å². The Hall–Kier alpha value is -2.80. The monoisotopic (exact) mass is 371 g/mol. The van der Waals surface area contributed by atoms with Gasteiger partial charge in [0.2, 0.25) is 0 Å². The number of aromatic amines is 1. The van der Waals surface area contributed by atoms with Crippen LogP contribution in [-0.4, -0.2) is 33.6 Å². The standard InChI is InChI=1S/C18H18ClN5O2/c19-12-5-6-14(23-8-2-1-3-9-23)13(11-12)21-17(25)15-16-20-7-4-10-24(16)22-18(15)26/h4-7,10-11H,1-3,8-9H2,(H,21,25)(H,22,26). The lowest BCUT2D eigenvalue weighted by Crippen LogP contribution is -2.30. The van der Waals surface area contributed by atoms with Crippen molar-refractivity contribution in [2.45, 2.75) is 19.3 Å². The van der Waals surface area contributed by atoms with Gasteiger partial charge in [0.1, 0.15) is 0 Å². The Morgan fingerprint density at radius 3 is 2.85 bits per heavy atom. The molecular formula is C18H18ClN5O2. The van der Waals surface area contributed by atoms with Crippen LogP contribution in [0, 0.1) is 0 Å². The van der Waals surface area contributed by atoms with Crippen molar-refractivity contribution in [1.29, 1.82) is 0 Å². The zero-order valence-electron chi connectivity index (χ0n) is 14.0. The number of benzene rings is 1. The Balaban J connectivity index is 1.70. The predicted octanol–water partition coefficient (Wildman–Crippen LogP) is 2.92. The normalized spacial score (nSPS) is 14.6. The highest BCUT2D eigenvalue weighted by Gasteiger charge is 2.21. The molecule has 0 unspecified atom stereocenters. The molecule has 3 aromatic rings.